The molecule has 3 aromatic rings. The molecular weight excluding hydrogens is 314 g/mol. The van der Waals surface area contributed by atoms with E-state index in [4.69, 9.17) is 27.9 Å². The van der Waals surface area contributed by atoms with Crippen LogP contribution in [0, 0.1) is 5.82 Å². The summed E-state index contributed by atoms with van der Waals surface area (Å²) >= 11 is 12.2. The largest absolute Gasteiger partial charge is 0.494 e. The first-order valence-corrected chi connectivity index (χ1v) is 7.12. The zero-order valence-electron chi connectivity index (χ0n) is 11.1. The number of ether oxygens (including phenoxy) is 1. The lowest BCUT2D eigenvalue weighted by Gasteiger charge is -2.10. The van der Waals surface area contributed by atoms with Crippen LogP contribution in [0.2, 0.25) is 5.02 Å². The minimum absolute atomic E-state index is 0.171. The van der Waals surface area contributed by atoms with E-state index in [9.17, 15) is 4.39 Å². The summed E-state index contributed by atoms with van der Waals surface area (Å²) in [6.07, 6.45) is 0. The topological polar surface area (TPSA) is 27.1 Å². The second kappa shape index (κ2) is 5.54. The Labute approximate surface area is 130 Å². The van der Waals surface area contributed by atoms with Gasteiger partial charge in [-0.05, 0) is 30.3 Å². The van der Waals surface area contributed by atoms with Crippen molar-refractivity contribution in [1.29, 1.82) is 0 Å². The van der Waals surface area contributed by atoms with Gasteiger partial charge in [0.05, 0.1) is 29.2 Å². The molecule has 21 heavy (non-hydrogen) atoms. The molecule has 0 aliphatic rings. The van der Waals surface area contributed by atoms with Crippen LogP contribution >= 0.6 is 23.2 Å². The molecule has 108 valence electrons. The molecule has 0 fully saturated rings. The summed E-state index contributed by atoms with van der Waals surface area (Å²) in [6, 6.07) is 9.69. The van der Waals surface area contributed by atoms with Crippen LogP contribution in [0.4, 0.5) is 4.39 Å². The van der Waals surface area contributed by atoms with Gasteiger partial charge in [0.1, 0.15) is 22.9 Å². The SMILES string of the molecule is COc1cccc2c1nc(CCl)n2-c1cc(F)ccc1Cl. The summed E-state index contributed by atoms with van der Waals surface area (Å²) in [5.41, 5.74) is 1.93. The van der Waals surface area contributed by atoms with E-state index in [0.717, 1.165) is 5.52 Å². The van der Waals surface area contributed by atoms with Crippen molar-refractivity contribution in [2.75, 3.05) is 7.11 Å². The fourth-order valence-corrected chi connectivity index (χ4v) is 2.68. The first-order chi connectivity index (χ1) is 10.2. The molecule has 1 aromatic heterocycles. The predicted octanol–water partition coefficient (Wildman–Crippen LogP) is 4.57. The lowest BCUT2D eigenvalue weighted by Crippen LogP contribution is -2.00. The van der Waals surface area contributed by atoms with E-state index in [1.165, 1.54) is 18.2 Å². The minimum Gasteiger partial charge on any atom is -0.494 e. The maximum absolute atomic E-state index is 13.6. The molecule has 0 N–H and O–H groups in total. The first-order valence-electron chi connectivity index (χ1n) is 6.21. The van der Waals surface area contributed by atoms with Gasteiger partial charge in [0.25, 0.3) is 0 Å². The highest BCUT2D eigenvalue weighted by Gasteiger charge is 2.17. The molecule has 3 nitrogen and oxygen atoms in total. The molecule has 0 radical (unpaired) electrons. The van der Waals surface area contributed by atoms with E-state index < -0.39 is 0 Å². The second-order valence-corrected chi connectivity index (χ2v) is 5.10. The fraction of sp³-hybridized carbons (Fsp3) is 0.133. The van der Waals surface area contributed by atoms with Crippen LogP contribution in [0.25, 0.3) is 16.7 Å². The molecular formula is C15H11Cl2FN2O. The van der Waals surface area contributed by atoms with Crippen molar-refractivity contribution in [2.45, 2.75) is 5.88 Å². The summed E-state index contributed by atoms with van der Waals surface area (Å²) in [4.78, 5) is 4.47. The highest BCUT2D eigenvalue weighted by Crippen LogP contribution is 2.32. The number of methoxy groups -OCH3 is 1. The Morgan fingerprint density at radius 1 is 1.29 bits per heavy atom. The quantitative estimate of drug-likeness (QED) is 0.660. The Balaban J connectivity index is 2.38. The number of fused-ring (bicyclic) bond motifs is 1. The Kier molecular flexibility index (Phi) is 3.74. The zero-order chi connectivity index (χ0) is 15.0. The van der Waals surface area contributed by atoms with Gasteiger partial charge in [0, 0.05) is 0 Å². The van der Waals surface area contributed by atoms with Gasteiger partial charge in [-0.25, -0.2) is 9.37 Å². The molecule has 0 saturated carbocycles. The molecule has 0 unspecified atom stereocenters. The zero-order valence-corrected chi connectivity index (χ0v) is 12.6. The molecule has 0 bridgehead atoms. The third-order valence-corrected chi connectivity index (χ3v) is 3.76. The standard InChI is InChI=1S/C15H11Cl2FN2O/c1-21-13-4-2-3-11-15(13)19-14(8-16)20(11)12-7-9(18)5-6-10(12)17/h2-7H,8H2,1H3. The molecule has 2 aromatic carbocycles. The Morgan fingerprint density at radius 2 is 2.10 bits per heavy atom. The third-order valence-electron chi connectivity index (χ3n) is 3.21. The number of alkyl halides is 1. The maximum atomic E-state index is 13.6. The number of benzene rings is 2. The molecule has 0 spiro atoms. The summed E-state index contributed by atoms with van der Waals surface area (Å²) in [5.74, 6) is 0.999. The number of aromatic nitrogens is 2. The second-order valence-electron chi connectivity index (χ2n) is 4.42. The molecule has 0 atom stereocenters. The normalized spacial score (nSPS) is 11.0. The Hall–Kier alpha value is -1.78. The van der Waals surface area contributed by atoms with Crippen LogP contribution in [0.1, 0.15) is 5.82 Å². The van der Waals surface area contributed by atoms with Crippen molar-refractivity contribution in [3.8, 4) is 11.4 Å². The molecule has 6 heteroatoms. The van der Waals surface area contributed by atoms with Gasteiger partial charge in [0.15, 0.2) is 0 Å². The predicted molar refractivity (Wildman–Crippen MR) is 82.1 cm³/mol. The van der Waals surface area contributed by atoms with Crippen LogP contribution in [0.15, 0.2) is 36.4 Å². The maximum Gasteiger partial charge on any atom is 0.146 e. The average Bonchev–Trinajstić information content (AvgIpc) is 2.88. The summed E-state index contributed by atoms with van der Waals surface area (Å²) in [5, 5.41) is 0.421. The Bertz CT molecular complexity index is 817. The number of hydrogen-bond acceptors (Lipinski definition) is 2. The minimum atomic E-state index is -0.375. The third kappa shape index (κ3) is 2.34. The van der Waals surface area contributed by atoms with Crippen molar-refractivity contribution < 1.29 is 9.13 Å². The number of nitrogens with zero attached hydrogens (tertiary/aromatic N) is 2. The van der Waals surface area contributed by atoms with Gasteiger partial charge < -0.3 is 4.74 Å². The number of halogens is 3. The van der Waals surface area contributed by atoms with E-state index in [2.05, 4.69) is 4.98 Å². The van der Waals surface area contributed by atoms with Gasteiger partial charge in [-0.15, -0.1) is 11.6 Å². The number of rotatable bonds is 3. The number of para-hydroxylation sites is 1. The van der Waals surface area contributed by atoms with Crippen LogP contribution in [-0.4, -0.2) is 16.7 Å². The van der Waals surface area contributed by atoms with E-state index >= 15 is 0 Å². The van der Waals surface area contributed by atoms with Gasteiger partial charge in [-0.1, -0.05) is 17.7 Å². The van der Waals surface area contributed by atoms with E-state index in [1.54, 1.807) is 11.7 Å². The molecule has 0 aliphatic heterocycles. The summed E-state index contributed by atoms with van der Waals surface area (Å²) < 4.78 is 20.6. The number of hydrogen-bond donors (Lipinski definition) is 0. The van der Waals surface area contributed by atoms with Crippen LogP contribution in [0.3, 0.4) is 0 Å². The van der Waals surface area contributed by atoms with Crippen molar-refractivity contribution in [3.63, 3.8) is 0 Å². The lowest BCUT2D eigenvalue weighted by atomic mass is 10.2. The summed E-state index contributed by atoms with van der Waals surface area (Å²) in [7, 11) is 1.57. The molecule has 3 rings (SSSR count). The van der Waals surface area contributed by atoms with Gasteiger partial charge in [0.2, 0.25) is 0 Å². The Morgan fingerprint density at radius 3 is 2.81 bits per heavy atom. The van der Waals surface area contributed by atoms with E-state index in [1.807, 2.05) is 18.2 Å². The van der Waals surface area contributed by atoms with Crippen LogP contribution in [-0.2, 0) is 5.88 Å². The highest BCUT2D eigenvalue weighted by molar-refractivity contribution is 6.32. The van der Waals surface area contributed by atoms with Crippen molar-refractivity contribution in [2.24, 2.45) is 0 Å². The highest BCUT2D eigenvalue weighted by atomic mass is 35.5. The molecule has 0 amide bonds. The molecule has 1 heterocycles. The van der Waals surface area contributed by atoms with Crippen LogP contribution in [0.5, 0.6) is 5.75 Å². The van der Waals surface area contributed by atoms with Crippen molar-refractivity contribution >= 4 is 34.2 Å². The molecule has 0 aliphatic carbocycles. The van der Waals surface area contributed by atoms with Crippen molar-refractivity contribution in [1.82, 2.24) is 9.55 Å². The average molecular weight is 325 g/mol. The van der Waals surface area contributed by atoms with Crippen molar-refractivity contribution in [3.05, 3.63) is 53.1 Å². The van der Waals surface area contributed by atoms with Gasteiger partial charge in [-0.2, -0.15) is 0 Å². The fourth-order valence-electron chi connectivity index (χ4n) is 2.30. The van der Waals surface area contributed by atoms with Gasteiger partial charge in [-0.3, -0.25) is 4.57 Å². The van der Waals surface area contributed by atoms with E-state index in [0.29, 0.717) is 27.8 Å². The van der Waals surface area contributed by atoms with E-state index in [-0.39, 0.29) is 11.7 Å². The first kappa shape index (κ1) is 14.2. The number of imidazole rings is 1. The van der Waals surface area contributed by atoms with Crippen LogP contribution < -0.4 is 4.74 Å². The smallest absolute Gasteiger partial charge is 0.146 e. The summed E-state index contributed by atoms with van der Waals surface area (Å²) in [6.45, 7) is 0. The lowest BCUT2D eigenvalue weighted by molar-refractivity contribution is 0.419. The monoisotopic (exact) mass is 324 g/mol. The molecule has 0 saturated heterocycles. The van der Waals surface area contributed by atoms with Gasteiger partial charge >= 0.3 is 0 Å².